The molecule has 1 amide bonds. The van der Waals surface area contributed by atoms with Gasteiger partial charge in [-0.05, 0) is 29.7 Å². The largest absolute Gasteiger partial charge is 0.433 e. The maximum atomic E-state index is 12.8. The van der Waals surface area contributed by atoms with Gasteiger partial charge < -0.3 is 14.9 Å². The van der Waals surface area contributed by atoms with E-state index in [-0.39, 0.29) is 17.1 Å². The van der Waals surface area contributed by atoms with Gasteiger partial charge >= 0.3 is 6.18 Å². The number of halogens is 3. The summed E-state index contributed by atoms with van der Waals surface area (Å²) in [7, 11) is 1.61. The number of benzene rings is 1. The van der Waals surface area contributed by atoms with Gasteiger partial charge in [0.1, 0.15) is 5.69 Å². The minimum absolute atomic E-state index is 0.00258. The highest BCUT2D eigenvalue weighted by molar-refractivity contribution is 6.03. The van der Waals surface area contributed by atoms with Crippen LogP contribution < -0.4 is 10.9 Å². The third kappa shape index (κ3) is 3.43. The molecule has 0 saturated heterocycles. The molecule has 30 heavy (non-hydrogen) atoms. The summed E-state index contributed by atoms with van der Waals surface area (Å²) < 4.78 is 40.0. The topological polar surface area (TPSA) is 92.7 Å². The summed E-state index contributed by atoms with van der Waals surface area (Å²) in [4.78, 5) is 34.6. The Labute approximate surface area is 167 Å². The van der Waals surface area contributed by atoms with Gasteiger partial charge in [-0.1, -0.05) is 12.1 Å². The molecule has 152 valence electrons. The number of alkyl halides is 3. The summed E-state index contributed by atoms with van der Waals surface area (Å²) in [5, 5.41) is 3.57. The van der Waals surface area contributed by atoms with Gasteiger partial charge in [0.15, 0.2) is 5.82 Å². The van der Waals surface area contributed by atoms with Crippen molar-refractivity contribution in [2.45, 2.75) is 6.18 Å². The van der Waals surface area contributed by atoms with E-state index in [2.05, 4.69) is 20.3 Å². The Hall–Kier alpha value is -3.95. The Balaban J connectivity index is 1.69. The molecule has 0 atom stereocenters. The van der Waals surface area contributed by atoms with E-state index in [9.17, 15) is 22.8 Å². The molecule has 10 heteroatoms. The highest BCUT2D eigenvalue weighted by atomic mass is 19.4. The fourth-order valence-corrected chi connectivity index (χ4v) is 3.17. The zero-order valence-corrected chi connectivity index (χ0v) is 15.5. The molecule has 2 N–H and O–H groups in total. The van der Waals surface area contributed by atoms with Gasteiger partial charge in [-0.3, -0.25) is 14.6 Å². The lowest BCUT2D eigenvalue weighted by Crippen LogP contribution is -2.18. The van der Waals surface area contributed by atoms with Crippen LogP contribution in [-0.4, -0.2) is 25.4 Å². The van der Waals surface area contributed by atoms with Crippen molar-refractivity contribution in [3.8, 4) is 11.3 Å². The minimum atomic E-state index is -4.62. The van der Waals surface area contributed by atoms with Crippen LogP contribution in [0, 0.1) is 0 Å². The molecule has 0 aliphatic carbocycles. The number of pyridine rings is 2. The zero-order chi connectivity index (χ0) is 21.5. The van der Waals surface area contributed by atoms with E-state index in [1.54, 1.807) is 31.3 Å². The number of fused-ring (bicyclic) bond motifs is 1. The molecule has 7 nitrogen and oxygen atoms in total. The van der Waals surface area contributed by atoms with E-state index < -0.39 is 17.8 Å². The van der Waals surface area contributed by atoms with Gasteiger partial charge in [0.25, 0.3) is 11.5 Å². The monoisotopic (exact) mass is 413 g/mol. The smallest absolute Gasteiger partial charge is 0.329 e. The fraction of sp³-hybridized carbons (Fsp3) is 0.100. The Morgan fingerprint density at radius 1 is 1.13 bits per heavy atom. The lowest BCUT2D eigenvalue weighted by Gasteiger charge is -2.10. The molecule has 0 radical (unpaired) electrons. The minimum Gasteiger partial charge on any atom is -0.329 e. The number of nitrogens with one attached hydrogen (secondary N) is 2. The van der Waals surface area contributed by atoms with Gasteiger partial charge in [-0.2, -0.15) is 13.2 Å². The molecule has 0 saturated carbocycles. The van der Waals surface area contributed by atoms with Crippen molar-refractivity contribution in [1.82, 2.24) is 19.5 Å². The zero-order valence-electron chi connectivity index (χ0n) is 15.5. The number of nitrogens with zero attached hydrogens (tertiary/aromatic N) is 3. The summed E-state index contributed by atoms with van der Waals surface area (Å²) in [6.45, 7) is 0. The van der Waals surface area contributed by atoms with Crippen molar-refractivity contribution in [1.29, 1.82) is 0 Å². The second-order valence-corrected chi connectivity index (χ2v) is 6.48. The number of aromatic nitrogens is 4. The molecule has 3 aromatic heterocycles. The van der Waals surface area contributed by atoms with Crippen molar-refractivity contribution in [2.24, 2.45) is 7.05 Å². The number of carbonyl (C=O) groups excluding carboxylic acids is 1. The number of amides is 1. The maximum Gasteiger partial charge on any atom is 0.433 e. The first-order valence-electron chi connectivity index (χ1n) is 8.73. The lowest BCUT2D eigenvalue weighted by atomic mass is 10.0. The molecule has 0 aliphatic heterocycles. The van der Waals surface area contributed by atoms with Crippen LogP contribution in [0.2, 0.25) is 0 Å². The van der Waals surface area contributed by atoms with Gasteiger partial charge in [0.2, 0.25) is 0 Å². The number of anilines is 1. The normalized spacial score (nSPS) is 11.6. The van der Waals surface area contributed by atoms with E-state index in [1.165, 1.54) is 23.0 Å². The molecule has 0 unspecified atom stereocenters. The number of aromatic amines is 1. The van der Waals surface area contributed by atoms with E-state index in [0.29, 0.717) is 22.0 Å². The summed E-state index contributed by atoms with van der Waals surface area (Å²) in [6, 6.07) is 8.94. The van der Waals surface area contributed by atoms with Gasteiger partial charge in [0, 0.05) is 36.1 Å². The lowest BCUT2D eigenvalue weighted by molar-refractivity contribution is -0.141. The number of imidazole rings is 1. The summed E-state index contributed by atoms with van der Waals surface area (Å²) >= 11 is 0. The second-order valence-electron chi connectivity index (χ2n) is 6.48. The van der Waals surface area contributed by atoms with Crippen molar-refractivity contribution in [3.05, 3.63) is 76.9 Å². The van der Waals surface area contributed by atoms with Gasteiger partial charge in [0.05, 0.1) is 11.9 Å². The highest BCUT2D eigenvalue weighted by Gasteiger charge is 2.32. The predicted octanol–water partition coefficient (Wildman–Crippen LogP) is 3.59. The Morgan fingerprint density at radius 2 is 1.93 bits per heavy atom. The van der Waals surface area contributed by atoms with Crippen LogP contribution >= 0.6 is 0 Å². The summed E-state index contributed by atoms with van der Waals surface area (Å²) in [6.07, 6.45) is -0.655. The maximum absolute atomic E-state index is 12.8. The molecule has 4 aromatic rings. The molecule has 0 fully saturated rings. The highest BCUT2D eigenvalue weighted by Crippen LogP contribution is 2.29. The molecule has 4 rings (SSSR count). The molecule has 0 bridgehead atoms. The average molecular weight is 413 g/mol. The van der Waals surface area contributed by atoms with Gasteiger partial charge in [-0.25, -0.2) is 4.98 Å². The van der Waals surface area contributed by atoms with Crippen LogP contribution in [0.1, 0.15) is 16.3 Å². The standard InChI is InChI=1S/C20H14F3N5O2/c1-28-15(13-3-2-4-14-12(13)6-8-25-18(14)29)10-26-17(28)19(30)27-11-5-7-24-16(9-11)20(21,22)23/h2-10H,1H3,(H,25,29)(H,24,27,30). The van der Waals surface area contributed by atoms with E-state index in [4.69, 9.17) is 0 Å². The summed E-state index contributed by atoms with van der Waals surface area (Å²) in [5.41, 5.74) is -0.143. The third-order valence-electron chi connectivity index (χ3n) is 4.59. The van der Waals surface area contributed by atoms with Crippen molar-refractivity contribution in [2.75, 3.05) is 5.32 Å². The first-order valence-corrected chi connectivity index (χ1v) is 8.73. The molecular formula is C20H14F3N5O2. The quantitative estimate of drug-likeness (QED) is 0.537. The Kier molecular flexibility index (Phi) is 4.61. The third-order valence-corrected chi connectivity index (χ3v) is 4.59. The second kappa shape index (κ2) is 7.14. The number of hydrogen-bond acceptors (Lipinski definition) is 4. The Morgan fingerprint density at radius 3 is 2.70 bits per heavy atom. The van der Waals surface area contributed by atoms with Crippen LogP contribution in [0.4, 0.5) is 18.9 Å². The number of H-pyrrole nitrogens is 1. The number of carbonyl (C=O) groups is 1. The fourth-order valence-electron chi connectivity index (χ4n) is 3.17. The van der Waals surface area contributed by atoms with Crippen molar-refractivity contribution >= 4 is 22.4 Å². The van der Waals surface area contributed by atoms with Crippen LogP contribution in [-0.2, 0) is 13.2 Å². The van der Waals surface area contributed by atoms with E-state index in [0.717, 1.165) is 12.3 Å². The van der Waals surface area contributed by atoms with E-state index >= 15 is 0 Å². The molecular weight excluding hydrogens is 399 g/mol. The van der Waals surface area contributed by atoms with E-state index in [1.807, 2.05) is 0 Å². The average Bonchev–Trinajstić information content (AvgIpc) is 3.09. The van der Waals surface area contributed by atoms with Crippen molar-refractivity contribution in [3.63, 3.8) is 0 Å². The first-order chi connectivity index (χ1) is 14.3. The molecule has 0 spiro atoms. The van der Waals surface area contributed by atoms with Crippen LogP contribution in [0.15, 0.2) is 59.8 Å². The van der Waals surface area contributed by atoms with Crippen LogP contribution in [0.3, 0.4) is 0 Å². The predicted molar refractivity (Wildman–Crippen MR) is 104 cm³/mol. The summed E-state index contributed by atoms with van der Waals surface area (Å²) in [5.74, 6) is -0.682. The molecule has 0 aliphatic rings. The Bertz CT molecular complexity index is 1320. The molecule has 1 aromatic carbocycles. The number of rotatable bonds is 3. The van der Waals surface area contributed by atoms with Crippen LogP contribution in [0.5, 0.6) is 0 Å². The first kappa shape index (κ1) is 19.4. The molecule has 3 heterocycles. The number of hydrogen-bond donors (Lipinski definition) is 2. The van der Waals surface area contributed by atoms with Crippen molar-refractivity contribution < 1.29 is 18.0 Å². The SMILES string of the molecule is Cn1c(-c2cccc3c(=O)[nH]ccc23)cnc1C(=O)Nc1ccnc(C(F)(F)F)c1. The van der Waals surface area contributed by atoms with Crippen LogP contribution in [0.25, 0.3) is 22.0 Å². The van der Waals surface area contributed by atoms with Gasteiger partial charge in [-0.15, -0.1) is 0 Å².